The minimum atomic E-state index is -0.965. The summed E-state index contributed by atoms with van der Waals surface area (Å²) in [5.41, 5.74) is 4.84. The lowest BCUT2D eigenvalue weighted by Crippen LogP contribution is -2.40. The Morgan fingerprint density at radius 3 is 2.40 bits per heavy atom. The molecule has 0 fully saturated rings. The van der Waals surface area contributed by atoms with Crippen molar-refractivity contribution >= 4 is 11.9 Å². The average molecular weight is 215 g/mol. The summed E-state index contributed by atoms with van der Waals surface area (Å²) in [5.74, 6) is -1.21. The first-order valence-electron chi connectivity index (χ1n) is 4.54. The zero-order valence-electron chi connectivity index (χ0n) is 9.28. The Kier molecular flexibility index (Phi) is 5.00. The van der Waals surface area contributed by atoms with Gasteiger partial charge in [-0.05, 0) is 20.8 Å². The Morgan fingerprint density at radius 1 is 1.47 bits per heavy atom. The van der Waals surface area contributed by atoms with Crippen LogP contribution in [0.2, 0.25) is 0 Å². The largest absolute Gasteiger partial charge is 0.460 e. The number of esters is 2. The van der Waals surface area contributed by atoms with Gasteiger partial charge in [-0.2, -0.15) is 0 Å². The first-order chi connectivity index (χ1) is 6.76. The highest BCUT2D eigenvalue weighted by atomic mass is 16.6. The SMILES string of the molecule is C=CC(=O)OCC(N)C(=O)OC(C)(C)C. The molecule has 0 aliphatic rings. The molecule has 0 radical (unpaired) electrons. The predicted molar refractivity (Wildman–Crippen MR) is 55.0 cm³/mol. The molecule has 0 saturated carbocycles. The molecule has 0 aliphatic carbocycles. The number of rotatable bonds is 4. The summed E-state index contributed by atoms with van der Waals surface area (Å²) in [6.45, 7) is 8.19. The summed E-state index contributed by atoms with van der Waals surface area (Å²) in [7, 11) is 0. The lowest BCUT2D eigenvalue weighted by molar-refractivity contribution is -0.158. The maximum atomic E-state index is 11.3. The van der Waals surface area contributed by atoms with Gasteiger partial charge in [0.25, 0.3) is 0 Å². The Labute approximate surface area is 89.2 Å². The molecule has 0 rings (SSSR count). The van der Waals surface area contributed by atoms with Crippen LogP contribution < -0.4 is 5.73 Å². The van der Waals surface area contributed by atoms with Crippen LogP contribution in [-0.2, 0) is 19.1 Å². The molecule has 0 bridgehead atoms. The molecule has 2 N–H and O–H groups in total. The molecule has 0 saturated heterocycles. The van der Waals surface area contributed by atoms with E-state index in [1.165, 1.54) is 0 Å². The monoisotopic (exact) mass is 215 g/mol. The highest BCUT2D eigenvalue weighted by Gasteiger charge is 2.22. The fourth-order valence-corrected chi connectivity index (χ4v) is 0.676. The standard InChI is InChI=1S/C10H17NO4/c1-5-8(12)14-6-7(11)9(13)15-10(2,3)4/h5,7H,1,6,11H2,2-4H3. The van der Waals surface area contributed by atoms with Crippen LogP contribution in [0.1, 0.15) is 20.8 Å². The van der Waals surface area contributed by atoms with Gasteiger partial charge in [0.2, 0.25) is 0 Å². The van der Waals surface area contributed by atoms with Crippen LogP contribution in [0.3, 0.4) is 0 Å². The van der Waals surface area contributed by atoms with Gasteiger partial charge in [0, 0.05) is 6.08 Å². The first-order valence-corrected chi connectivity index (χ1v) is 4.54. The topological polar surface area (TPSA) is 78.6 Å². The second-order valence-corrected chi connectivity index (χ2v) is 3.97. The van der Waals surface area contributed by atoms with Crippen molar-refractivity contribution in [1.29, 1.82) is 0 Å². The fourth-order valence-electron chi connectivity index (χ4n) is 0.676. The van der Waals surface area contributed by atoms with Crippen LogP contribution in [-0.4, -0.2) is 30.2 Å². The number of carbonyl (C=O) groups excluding carboxylic acids is 2. The van der Waals surface area contributed by atoms with Crippen molar-refractivity contribution in [2.45, 2.75) is 32.4 Å². The third kappa shape index (κ3) is 6.68. The average Bonchev–Trinajstić information content (AvgIpc) is 2.10. The molecule has 5 nitrogen and oxygen atoms in total. The van der Waals surface area contributed by atoms with Gasteiger partial charge in [-0.25, -0.2) is 4.79 Å². The van der Waals surface area contributed by atoms with E-state index in [2.05, 4.69) is 11.3 Å². The van der Waals surface area contributed by atoms with Crippen molar-refractivity contribution in [3.63, 3.8) is 0 Å². The van der Waals surface area contributed by atoms with Crippen molar-refractivity contribution < 1.29 is 19.1 Å². The van der Waals surface area contributed by atoms with E-state index >= 15 is 0 Å². The molecule has 0 heterocycles. The van der Waals surface area contributed by atoms with E-state index in [0.717, 1.165) is 6.08 Å². The molecular formula is C10H17NO4. The molecule has 0 aromatic rings. The fraction of sp³-hybridized carbons (Fsp3) is 0.600. The number of hydrogen-bond donors (Lipinski definition) is 1. The van der Waals surface area contributed by atoms with Crippen LogP contribution in [0.25, 0.3) is 0 Å². The van der Waals surface area contributed by atoms with Gasteiger partial charge in [-0.15, -0.1) is 0 Å². The quantitative estimate of drug-likeness (QED) is 0.542. The number of hydrogen-bond acceptors (Lipinski definition) is 5. The predicted octanol–water partition coefficient (Wildman–Crippen LogP) is 0.385. The van der Waals surface area contributed by atoms with Crippen LogP contribution in [0.15, 0.2) is 12.7 Å². The lowest BCUT2D eigenvalue weighted by Gasteiger charge is -2.21. The van der Waals surface area contributed by atoms with Gasteiger partial charge < -0.3 is 15.2 Å². The van der Waals surface area contributed by atoms with Gasteiger partial charge in [0.1, 0.15) is 18.2 Å². The van der Waals surface area contributed by atoms with Crippen molar-refractivity contribution in [1.82, 2.24) is 0 Å². The zero-order chi connectivity index (χ0) is 12.1. The number of ether oxygens (including phenoxy) is 2. The molecule has 1 unspecified atom stereocenters. The summed E-state index contributed by atoms with van der Waals surface area (Å²) < 4.78 is 9.59. The van der Waals surface area contributed by atoms with Crippen LogP contribution >= 0.6 is 0 Å². The third-order valence-electron chi connectivity index (χ3n) is 1.28. The molecule has 0 spiro atoms. The zero-order valence-corrected chi connectivity index (χ0v) is 9.28. The minimum absolute atomic E-state index is 0.209. The highest BCUT2D eigenvalue weighted by molar-refractivity contribution is 5.82. The summed E-state index contributed by atoms with van der Waals surface area (Å²) in [6.07, 6.45) is 1.00. The molecule has 15 heavy (non-hydrogen) atoms. The van der Waals surface area contributed by atoms with Gasteiger partial charge in [-0.3, -0.25) is 4.79 Å². The molecule has 1 atom stereocenters. The first kappa shape index (κ1) is 13.6. The van der Waals surface area contributed by atoms with E-state index in [1.54, 1.807) is 20.8 Å². The Bertz CT molecular complexity index is 255. The van der Waals surface area contributed by atoms with Crippen LogP contribution in [0.4, 0.5) is 0 Å². The third-order valence-corrected chi connectivity index (χ3v) is 1.28. The van der Waals surface area contributed by atoms with Crippen LogP contribution in [0, 0.1) is 0 Å². The number of nitrogens with two attached hydrogens (primary N) is 1. The van der Waals surface area contributed by atoms with Gasteiger partial charge in [-0.1, -0.05) is 6.58 Å². The van der Waals surface area contributed by atoms with E-state index in [4.69, 9.17) is 10.5 Å². The van der Waals surface area contributed by atoms with Crippen molar-refractivity contribution in [2.24, 2.45) is 5.73 Å². The molecule has 0 aromatic carbocycles. The summed E-state index contributed by atoms with van der Waals surface area (Å²) in [4.78, 5) is 22.0. The maximum absolute atomic E-state index is 11.3. The van der Waals surface area contributed by atoms with Crippen molar-refractivity contribution in [3.05, 3.63) is 12.7 Å². The van der Waals surface area contributed by atoms with Gasteiger partial charge in [0.15, 0.2) is 0 Å². The summed E-state index contributed by atoms with van der Waals surface area (Å²) >= 11 is 0. The van der Waals surface area contributed by atoms with E-state index in [1.807, 2.05) is 0 Å². The normalized spacial score (nSPS) is 12.8. The summed E-state index contributed by atoms with van der Waals surface area (Å²) in [6, 6.07) is -0.965. The van der Waals surface area contributed by atoms with Gasteiger partial charge in [0.05, 0.1) is 0 Å². The lowest BCUT2D eigenvalue weighted by atomic mass is 10.2. The smallest absolute Gasteiger partial charge is 0.330 e. The molecule has 86 valence electrons. The highest BCUT2D eigenvalue weighted by Crippen LogP contribution is 2.07. The Balaban J connectivity index is 4.00. The minimum Gasteiger partial charge on any atom is -0.460 e. The Hall–Kier alpha value is -1.36. The maximum Gasteiger partial charge on any atom is 0.330 e. The molecule has 0 aromatic heterocycles. The van der Waals surface area contributed by atoms with Crippen molar-refractivity contribution in [2.75, 3.05) is 6.61 Å². The van der Waals surface area contributed by atoms with Crippen molar-refractivity contribution in [3.8, 4) is 0 Å². The molecule has 0 aliphatic heterocycles. The van der Waals surface area contributed by atoms with Gasteiger partial charge >= 0.3 is 11.9 Å². The van der Waals surface area contributed by atoms with E-state index in [9.17, 15) is 9.59 Å². The number of carbonyl (C=O) groups is 2. The molecule has 0 amide bonds. The second-order valence-electron chi connectivity index (χ2n) is 3.97. The van der Waals surface area contributed by atoms with E-state index < -0.39 is 23.6 Å². The molecule has 5 heteroatoms. The van der Waals surface area contributed by atoms with E-state index in [0.29, 0.717) is 0 Å². The summed E-state index contributed by atoms with van der Waals surface area (Å²) in [5, 5.41) is 0. The van der Waals surface area contributed by atoms with Crippen LogP contribution in [0.5, 0.6) is 0 Å². The Morgan fingerprint density at radius 2 is 2.00 bits per heavy atom. The second kappa shape index (κ2) is 5.50. The molecular weight excluding hydrogens is 198 g/mol. The van der Waals surface area contributed by atoms with E-state index in [-0.39, 0.29) is 6.61 Å².